The SMILES string of the molecule is O=C1CCC(=O)N1c1ccc(S(=O)(=O)c2ccc([N+](=O)[O-])cc2)cc1. The molecule has 0 N–H and O–H groups in total. The average Bonchev–Trinajstić information content (AvgIpc) is 2.93. The Morgan fingerprint density at radius 3 is 1.72 bits per heavy atom. The summed E-state index contributed by atoms with van der Waals surface area (Å²) in [6.45, 7) is 0. The first kappa shape index (κ1) is 16.8. The van der Waals surface area contributed by atoms with Crippen molar-refractivity contribution < 1.29 is 22.9 Å². The summed E-state index contributed by atoms with van der Waals surface area (Å²) in [5.74, 6) is -0.646. The molecule has 2 amide bonds. The minimum atomic E-state index is -3.86. The van der Waals surface area contributed by atoms with E-state index in [2.05, 4.69) is 0 Å². The molecular formula is C16H12N2O6S. The summed E-state index contributed by atoms with van der Waals surface area (Å²) in [5.41, 5.74) is 0.107. The fraction of sp³-hybridized carbons (Fsp3) is 0.125. The average molecular weight is 360 g/mol. The van der Waals surface area contributed by atoms with Crippen molar-refractivity contribution in [1.82, 2.24) is 0 Å². The van der Waals surface area contributed by atoms with E-state index in [0.29, 0.717) is 5.69 Å². The van der Waals surface area contributed by atoms with Gasteiger partial charge in [0.1, 0.15) is 0 Å². The van der Waals surface area contributed by atoms with Crippen LogP contribution in [0.3, 0.4) is 0 Å². The quantitative estimate of drug-likeness (QED) is 0.468. The van der Waals surface area contributed by atoms with Crippen molar-refractivity contribution in [2.45, 2.75) is 22.6 Å². The first-order valence-corrected chi connectivity index (χ1v) is 8.74. The molecule has 0 spiro atoms. The zero-order valence-electron chi connectivity index (χ0n) is 12.8. The van der Waals surface area contributed by atoms with Gasteiger partial charge in [-0.1, -0.05) is 0 Å². The maximum Gasteiger partial charge on any atom is 0.269 e. The minimum Gasteiger partial charge on any atom is -0.274 e. The Morgan fingerprint density at radius 1 is 0.840 bits per heavy atom. The van der Waals surface area contributed by atoms with Crippen molar-refractivity contribution in [3.05, 3.63) is 58.6 Å². The van der Waals surface area contributed by atoms with Gasteiger partial charge >= 0.3 is 0 Å². The predicted molar refractivity (Wildman–Crippen MR) is 86.7 cm³/mol. The van der Waals surface area contributed by atoms with E-state index in [1.807, 2.05) is 0 Å². The normalized spacial score (nSPS) is 14.8. The highest BCUT2D eigenvalue weighted by Crippen LogP contribution is 2.27. The number of benzene rings is 2. The van der Waals surface area contributed by atoms with Gasteiger partial charge in [-0.15, -0.1) is 0 Å². The number of sulfone groups is 1. The standard InChI is InChI=1S/C16H12N2O6S/c19-15-9-10-16(20)17(15)11-1-5-13(6-2-11)25(23,24)14-7-3-12(4-8-14)18(21)22/h1-8H,9-10H2. The lowest BCUT2D eigenvalue weighted by molar-refractivity contribution is -0.384. The third kappa shape index (κ3) is 3.01. The Kier molecular flexibility index (Phi) is 4.09. The number of non-ortho nitro benzene ring substituents is 1. The number of nitro groups is 1. The maximum atomic E-state index is 12.6. The number of nitrogens with zero attached hydrogens (tertiary/aromatic N) is 2. The second-order valence-corrected chi connectivity index (χ2v) is 7.32. The van der Waals surface area contributed by atoms with E-state index in [-0.39, 0.29) is 40.1 Å². The van der Waals surface area contributed by atoms with Crippen molar-refractivity contribution in [3.8, 4) is 0 Å². The molecule has 2 aromatic carbocycles. The molecule has 1 fully saturated rings. The van der Waals surface area contributed by atoms with Crippen LogP contribution in [0.15, 0.2) is 58.3 Å². The van der Waals surface area contributed by atoms with E-state index in [9.17, 15) is 28.1 Å². The molecule has 2 aromatic rings. The van der Waals surface area contributed by atoms with Gasteiger partial charge in [0.05, 0.1) is 20.4 Å². The van der Waals surface area contributed by atoms with Crippen molar-refractivity contribution in [3.63, 3.8) is 0 Å². The molecule has 8 nitrogen and oxygen atoms in total. The molecule has 1 aliphatic rings. The molecule has 25 heavy (non-hydrogen) atoms. The number of amides is 2. The first-order chi connectivity index (χ1) is 11.8. The number of nitro benzene ring substituents is 1. The number of imide groups is 1. The molecule has 0 aliphatic carbocycles. The number of rotatable bonds is 4. The van der Waals surface area contributed by atoms with Crippen LogP contribution >= 0.6 is 0 Å². The van der Waals surface area contributed by atoms with Gasteiger partial charge in [-0.25, -0.2) is 8.42 Å². The third-order valence-corrected chi connectivity index (χ3v) is 5.60. The molecule has 9 heteroatoms. The number of hydrogen-bond donors (Lipinski definition) is 0. The van der Waals surface area contributed by atoms with E-state index >= 15 is 0 Å². The Labute approximate surface area is 142 Å². The minimum absolute atomic E-state index is 0.0378. The van der Waals surface area contributed by atoms with Crippen LogP contribution < -0.4 is 4.90 Å². The van der Waals surface area contributed by atoms with Gasteiger partial charge in [0.2, 0.25) is 21.7 Å². The van der Waals surface area contributed by atoms with Gasteiger partial charge in [0, 0.05) is 25.0 Å². The van der Waals surface area contributed by atoms with Crippen LogP contribution in [0, 0.1) is 10.1 Å². The van der Waals surface area contributed by atoms with Crippen LogP contribution in [0.25, 0.3) is 0 Å². The second-order valence-electron chi connectivity index (χ2n) is 5.37. The molecule has 1 heterocycles. The molecule has 0 bridgehead atoms. The van der Waals surface area contributed by atoms with Gasteiger partial charge in [-0.2, -0.15) is 0 Å². The first-order valence-electron chi connectivity index (χ1n) is 7.26. The number of anilines is 1. The zero-order chi connectivity index (χ0) is 18.2. The van der Waals surface area contributed by atoms with Crippen molar-refractivity contribution in [2.75, 3.05) is 4.90 Å². The topological polar surface area (TPSA) is 115 Å². The van der Waals surface area contributed by atoms with Crippen LogP contribution in [0.4, 0.5) is 11.4 Å². The summed E-state index contributed by atoms with van der Waals surface area (Å²) in [4.78, 5) is 34.4. The lowest BCUT2D eigenvalue weighted by Gasteiger charge is -2.14. The Bertz CT molecular complexity index is 949. The number of carbonyl (C=O) groups is 2. The van der Waals surface area contributed by atoms with Gasteiger partial charge in [0.15, 0.2) is 0 Å². The lowest BCUT2D eigenvalue weighted by atomic mass is 10.3. The summed E-state index contributed by atoms with van der Waals surface area (Å²) < 4.78 is 25.1. The van der Waals surface area contributed by atoms with Crippen LogP contribution in [-0.2, 0) is 19.4 Å². The Morgan fingerprint density at radius 2 is 1.28 bits per heavy atom. The van der Waals surface area contributed by atoms with Gasteiger partial charge in [-0.3, -0.25) is 24.6 Å². The van der Waals surface area contributed by atoms with E-state index in [0.717, 1.165) is 29.2 Å². The molecule has 0 radical (unpaired) electrons. The molecule has 0 atom stereocenters. The summed E-state index contributed by atoms with van der Waals surface area (Å²) in [5, 5.41) is 10.6. The van der Waals surface area contributed by atoms with E-state index in [1.54, 1.807) is 0 Å². The molecule has 1 aliphatic heterocycles. The van der Waals surface area contributed by atoms with Gasteiger partial charge in [0.25, 0.3) is 5.69 Å². The van der Waals surface area contributed by atoms with Crippen LogP contribution in [0.2, 0.25) is 0 Å². The molecule has 1 saturated heterocycles. The van der Waals surface area contributed by atoms with Gasteiger partial charge < -0.3 is 0 Å². The summed E-state index contributed by atoms with van der Waals surface area (Å²) in [7, 11) is -3.86. The zero-order valence-corrected chi connectivity index (χ0v) is 13.6. The number of hydrogen-bond acceptors (Lipinski definition) is 6. The van der Waals surface area contributed by atoms with Crippen molar-refractivity contribution in [2.24, 2.45) is 0 Å². The maximum absolute atomic E-state index is 12.6. The molecule has 3 rings (SSSR count). The summed E-state index contributed by atoms with van der Waals surface area (Å²) in [6, 6.07) is 9.92. The molecular weight excluding hydrogens is 348 g/mol. The molecule has 128 valence electrons. The van der Waals surface area contributed by atoms with E-state index in [1.165, 1.54) is 24.3 Å². The van der Waals surface area contributed by atoms with Crippen molar-refractivity contribution in [1.29, 1.82) is 0 Å². The monoisotopic (exact) mass is 360 g/mol. The van der Waals surface area contributed by atoms with Crippen molar-refractivity contribution >= 4 is 33.0 Å². The molecule has 0 unspecified atom stereocenters. The van der Waals surface area contributed by atoms with Gasteiger partial charge in [-0.05, 0) is 36.4 Å². The Balaban J connectivity index is 1.92. The lowest BCUT2D eigenvalue weighted by Crippen LogP contribution is -2.28. The van der Waals surface area contributed by atoms with Crippen LogP contribution in [-0.4, -0.2) is 25.2 Å². The van der Waals surface area contributed by atoms with Crippen LogP contribution in [0.5, 0.6) is 0 Å². The predicted octanol–water partition coefficient (Wildman–Crippen LogP) is 2.08. The highest BCUT2D eigenvalue weighted by atomic mass is 32.2. The number of carbonyl (C=O) groups excluding carboxylic acids is 2. The van der Waals surface area contributed by atoms with E-state index < -0.39 is 14.8 Å². The van der Waals surface area contributed by atoms with Crippen LogP contribution in [0.1, 0.15) is 12.8 Å². The summed E-state index contributed by atoms with van der Waals surface area (Å²) >= 11 is 0. The highest BCUT2D eigenvalue weighted by Gasteiger charge is 2.30. The fourth-order valence-corrected chi connectivity index (χ4v) is 3.78. The molecule has 0 saturated carbocycles. The molecule has 0 aromatic heterocycles. The second kappa shape index (κ2) is 6.10. The largest absolute Gasteiger partial charge is 0.274 e. The third-order valence-electron chi connectivity index (χ3n) is 3.81. The Hall–Kier alpha value is -3.07. The fourth-order valence-electron chi connectivity index (χ4n) is 2.52. The van der Waals surface area contributed by atoms with E-state index in [4.69, 9.17) is 0 Å². The summed E-state index contributed by atoms with van der Waals surface area (Å²) in [6.07, 6.45) is 0.281. The smallest absolute Gasteiger partial charge is 0.269 e. The highest BCUT2D eigenvalue weighted by molar-refractivity contribution is 7.91.